The first-order valence-corrected chi connectivity index (χ1v) is 15.4. The maximum atomic E-state index is 11.9. The van der Waals surface area contributed by atoms with Crippen LogP contribution >= 0.6 is 0 Å². The Morgan fingerprint density at radius 3 is 2.46 bits per heavy atom. The number of fused-ring (bicyclic) bond motifs is 1. The molecular weight excluding hydrogens is 512 g/mol. The Labute approximate surface area is 231 Å². The predicted octanol–water partition coefficient (Wildman–Crippen LogP) is 5.03. The Bertz CT molecular complexity index is 1460. The normalized spacial score (nSPS) is 18.2. The lowest BCUT2D eigenvalue weighted by Crippen LogP contribution is -2.57. The molecule has 2 aromatic heterocycles. The van der Waals surface area contributed by atoms with Crippen molar-refractivity contribution in [2.24, 2.45) is 0 Å². The van der Waals surface area contributed by atoms with Gasteiger partial charge in [0.2, 0.25) is 15.9 Å². The third kappa shape index (κ3) is 6.60. The second-order valence-corrected chi connectivity index (χ2v) is 12.2. The van der Waals surface area contributed by atoms with E-state index in [4.69, 9.17) is 4.74 Å². The van der Waals surface area contributed by atoms with Crippen LogP contribution in [0.15, 0.2) is 36.7 Å². The van der Waals surface area contributed by atoms with E-state index in [9.17, 15) is 13.7 Å². The van der Waals surface area contributed by atoms with Gasteiger partial charge in [-0.15, -0.1) is 0 Å². The van der Waals surface area contributed by atoms with E-state index in [0.717, 1.165) is 53.6 Å². The molecule has 39 heavy (non-hydrogen) atoms. The number of aromatic nitrogens is 2. The molecule has 1 aromatic carbocycles. The fourth-order valence-corrected chi connectivity index (χ4v) is 6.13. The first-order chi connectivity index (χ1) is 18.6. The van der Waals surface area contributed by atoms with E-state index >= 15 is 0 Å². The highest BCUT2D eigenvalue weighted by Crippen LogP contribution is 2.37. The Morgan fingerprint density at radius 1 is 1.08 bits per heavy atom. The van der Waals surface area contributed by atoms with Crippen molar-refractivity contribution in [3.8, 4) is 23.1 Å². The first kappa shape index (κ1) is 28.6. The Kier molecular flexibility index (Phi) is 8.93. The minimum Gasteiger partial charge on any atom is -0.480 e. The predicted molar refractivity (Wildman–Crippen MR) is 157 cm³/mol. The highest BCUT2D eigenvalue weighted by atomic mass is 32.2. The number of unbranched alkanes of at least 4 members (excludes halogenated alkanes) is 3. The molecule has 0 unspecified atom stereocenters. The van der Waals surface area contributed by atoms with Gasteiger partial charge in [-0.05, 0) is 50.6 Å². The summed E-state index contributed by atoms with van der Waals surface area (Å²) >= 11 is 0. The molecule has 1 aliphatic rings. The van der Waals surface area contributed by atoms with E-state index in [-0.39, 0.29) is 23.7 Å². The van der Waals surface area contributed by atoms with E-state index < -0.39 is 10.0 Å². The van der Waals surface area contributed by atoms with Crippen molar-refractivity contribution in [3.05, 3.63) is 42.2 Å². The maximum Gasteiger partial charge on any atom is 0.238 e. The van der Waals surface area contributed by atoms with Crippen molar-refractivity contribution in [1.82, 2.24) is 14.9 Å². The van der Waals surface area contributed by atoms with Crippen LogP contribution in [0, 0.1) is 11.3 Å². The minimum atomic E-state index is -3.53. The van der Waals surface area contributed by atoms with Crippen LogP contribution in [0.25, 0.3) is 22.0 Å². The van der Waals surface area contributed by atoms with Crippen molar-refractivity contribution in [3.63, 3.8) is 0 Å². The van der Waals surface area contributed by atoms with Gasteiger partial charge in [-0.2, -0.15) is 5.26 Å². The number of anilines is 2. The lowest BCUT2D eigenvalue weighted by molar-refractivity contribution is 0.196. The summed E-state index contributed by atoms with van der Waals surface area (Å²) in [5, 5.41) is 11.0. The fraction of sp³-hybridized carbons (Fsp3) is 0.483. The lowest BCUT2D eigenvalue weighted by atomic mass is 9.98. The van der Waals surface area contributed by atoms with Crippen LogP contribution in [0.1, 0.15) is 52.0 Å². The van der Waals surface area contributed by atoms with Crippen molar-refractivity contribution >= 4 is 32.3 Å². The molecule has 1 N–H and O–H groups in total. The van der Waals surface area contributed by atoms with E-state index in [2.05, 4.69) is 51.3 Å². The van der Waals surface area contributed by atoms with Crippen LogP contribution in [0.5, 0.6) is 5.88 Å². The molecule has 10 heteroatoms. The van der Waals surface area contributed by atoms with Gasteiger partial charge in [0.05, 0.1) is 30.1 Å². The Hall–Kier alpha value is -3.42. The summed E-state index contributed by atoms with van der Waals surface area (Å²) in [5.41, 5.74) is 4.05. The summed E-state index contributed by atoms with van der Waals surface area (Å²) in [6.45, 7) is 9.66. The van der Waals surface area contributed by atoms with Crippen molar-refractivity contribution in [1.29, 1.82) is 5.26 Å². The van der Waals surface area contributed by atoms with Crippen LogP contribution in [0.3, 0.4) is 0 Å². The zero-order valence-electron chi connectivity index (χ0n) is 23.4. The molecule has 0 aliphatic carbocycles. The third-order valence-electron chi connectivity index (χ3n) is 7.21. The number of nitrogens with one attached hydrogen (secondary N) is 1. The van der Waals surface area contributed by atoms with E-state index in [1.165, 1.54) is 32.8 Å². The van der Waals surface area contributed by atoms with Crippen LogP contribution in [-0.2, 0) is 10.0 Å². The molecule has 9 nitrogen and oxygen atoms in total. The number of benzene rings is 1. The van der Waals surface area contributed by atoms with Gasteiger partial charge >= 0.3 is 0 Å². The summed E-state index contributed by atoms with van der Waals surface area (Å²) in [7, 11) is -2.08. The average molecular weight is 551 g/mol. The number of nitriles is 1. The molecule has 0 radical (unpaired) electrons. The minimum absolute atomic E-state index is 0.189. The van der Waals surface area contributed by atoms with Gasteiger partial charge in [0.25, 0.3) is 0 Å². The molecule has 0 bridgehead atoms. The number of sulfonamides is 1. The summed E-state index contributed by atoms with van der Waals surface area (Å²) < 4.78 is 31.6. The van der Waals surface area contributed by atoms with Crippen LogP contribution in [0.2, 0.25) is 0 Å². The Morgan fingerprint density at radius 2 is 1.82 bits per heavy atom. The number of rotatable bonds is 10. The number of methoxy groups -OCH3 is 1. The summed E-state index contributed by atoms with van der Waals surface area (Å²) in [6, 6.07) is 10.4. The third-order valence-corrected chi connectivity index (χ3v) is 7.80. The van der Waals surface area contributed by atoms with Crippen molar-refractivity contribution in [2.45, 2.75) is 58.5 Å². The van der Waals surface area contributed by atoms with Gasteiger partial charge in [-0.3, -0.25) is 14.6 Å². The lowest BCUT2D eigenvalue weighted by Gasteiger charge is -2.46. The van der Waals surface area contributed by atoms with E-state index in [0.29, 0.717) is 5.56 Å². The molecular formula is C29H38N6O3S. The Balaban J connectivity index is 1.73. The highest BCUT2D eigenvalue weighted by Gasteiger charge is 2.32. The molecule has 0 amide bonds. The SMILES string of the molecule is CCCCCCN1C[C@H](C)N(c2c(C#N)cnc3ccc(-c4cnc(OC)c(NS(C)(=O)=O)c4)cc23)[C@@H](C)C1. The molecule has 2 atom stereocenters. The number of ether oxygens (including phenoxy) is 1. The molecule has 0 saturated carbocycles. The van der Waals surface area contributed by atoms with Gasteiger partial charge in [0.1, 0.15) is 11.8 Å². The molecule has 1 fully saturated rings. The maximum absolute atomic E-state index is 11.9. The first-order valence-electron chi connectivity index (χ1n) is 13.5. The topological polar surface area (TPSA) is 111 Å². The average Bonchev–Trinajstić information content (AvgIpc) is 2.89. The fourth-order valence-electron chi connectivity index (χ4n) is 5.58. The largest absolute Gasteiger partial charge is 0.480 e. The standard InChI is InChI=1S/C29H38N6O3S/c1-6-7-8-9-12-34-18-20(2)35(21(3)19-34)28-24(15-30)17-31-26-11-10-22(13-25(26)28)23-14-27(33-39(5,36)37)29(38-4)32-16-23/h10-11,13-14,16-17,20-21,33H,6-9,12,18-19H2,1-5H3/t20-,21-/m0/s1. The summed E-state index contributed by atoms with van der Waals surface area (Å²) in [6.07, 6.45) is 9.38. The van der Waals surface area contributed by atoms with Crippen LogP contribution in [0.4, 0.5) is 11.4 Å². The van der Waals surface area contributed by atoms with Gasteiger partial charge in [-0.25, -0.2) is 13.4 Å². The quantitative estimate of drug-likeness (QED) is 0.350. The van der Waals surface area contributed by atoms with Crippen molar-refractivity contribution in [2.75, 3.05) is 42.6 Å². The second-order valence-electron chi connectivity index (χ2n) is 10.4. The molecule has 0 spiro atoms. The molecule has 1 saturated heterocycles. The van der Waals surface area contributed by atoms with Gasteiger partial charge in [0.15, 0.2) is 0 Å². The molecule has 208 valence electrons. The van der Waals surface area contributed by atoms with Crippen LogP contribution < -0.4 is 14.4 Å². The number of hydrogen-bond donors (Lipinski definition) is 1. The number of nitrogens with zero attached hydrogens (tertiary/aromatic N) is 5. The molecule has 3 aromatic rings. The van der Waals surface area contributed by atoms with Crippen LogP contribution in [-0.4, -0.2) is 68.4 Å². The van der Waals surface area contributed by atoms with E-state index in [1.54, 1.807) is 18.5 Å². The summed E-state index contributed by atoms with van der Waals surface area (Å²) in [5.74, 6) is 0.189. The monoisotopic (exact) mass is 550 g/mol. The van der Waals surface area contributed by atoms with Gasteiger partial charge < -0.3 is 9.64 Å². The second kappa shape index (κ2) is 12.2. The smallest absolute Gasteiger partial charge is 0.238 e. The van der Waals surface area contributed by atoms with E-state index in [1.807, 2.05) is 18.2 Å². The zero-order chi connectivity index (χ0) is 28.2. The van der Waals surface area contributed by atoms with Gasteiger partial charge in [0, 0.05) is 48.5 Å². The molecule has 3 heterocycles. The zero-order valence-corrected chi connectivity index (χ0v) is 24.3. The highest BCUT2D eigenvalue weighted by molar-refractivity contribution is 7.92. The number of pyridine rings is 2. The number of hydrogen-bond acceptors (Lipinski definition) is 8. The molecule has 4 rings (SSSR count). The molecule has 1 aliphatic heterocycles. The van der Waals surface area contributed by atoms with Gasteiger partial charge in [-0.1, -0.05) is 32.3 Å². The van der Waals surface area contributed by atoms with Crippen molar-refractivity contribution < 1.29 is 13.2 Å². The summed E-state index contributed by atoms with van der Waals surface area (Å²) in [4.78, 5) is 13.8. The number of piperazine rings is 1.